The molecule has 0 aromatic carbocycles. The number of amides is 1. The van der Waals surface area contributed by atoms with Crippen molar-refractivity contribution in [1.82, 2.24) is 15.5 Å². The highest BCUT2D eigenvalue weighted by molar-refractivity contribution is 5.92. The molecular formula is C8H11N3O. The molecule has 4 heteroatoms. The van der Waals surface area contributed by atoms with Crippen LogP contribution in [0.3, 0.4) is 0 Å². The van der Waals surface area contributed by atoms with Crippen LogP contribution in [0.2, 0.25) is 0 Å². The van der Waals surface area contributed by atoms with E-state index in [1.54, 1.807) is 12.3 Å². The van der Waals surface area contributed by atoms with Gasteiger partial charge in [-0.1, -0.05) is 0 Å². The van der Waals surface area contributed by atoms with Crippen LogP contribution in [0.1, 0.15) is 23.3 Å². The van der Waals surface area contributed by atoms with Crippen LogP contribution in [0.15, 0.2) is 12.3 Å². The maximum Gasteiger partial charge on any atom is 0.269 e. The van der Waals surface area contributed by atoms with Gasteiger partial charge in [-0.15, -0.1) is 0 Å². The van der Waals surface area contributed by atoms with Crippen LogP contribution in [0.5, 0.6) is 0 Å². The zero-order chi connectivity index (χ0) is 8.39. The molecule has 0 saturated heterocycles. The fraction of sp³-hybridized carbons (Fsp3) is 0.500. The molecule has 0 spiro atoms. The Morgan fingerprint density at radius 1 is 1.75 bits per heavy atom. The number of hydrogen-bond acceptors (Lipinski definition) is 2. The first-order valence-corrected chi connectivity index (χ1v) is 4.14. The minimum Gasteiger partial charge on any atom is -0.350 e. The molecule has 2 N–H and O–H groups in total. The van der Waals surface area contributed by atoms with Crippen molar-refractivity contribution in [2.24, 2.45) is 5.92 Å². The predicted molar refractivity (Wildman–Crippen MR) is 43.6 cm³/mol. The molecule has 1 aliphatic carbocycles. The lowest BCUT2D eigenvalue weighted by atomic mass is 10.3. The van der Waals surface area contributed by atoms with Gasteiger partial charge in [-0.05, 0) is 24.8 Å². The van der Waals surface area contributed by atoms with Crippen LogP contribution in [-0.4, -0.2) is 22.6 Å². The Bertz CT molecular complexity index is 264. The first kappa shape index (κ1) is 7.34. The number of aromatic nitrogens is 2. The third-order valence-corrected chi connectivity index (χ3v) is 1.99. The summed E-state index contributed by atoms with van der Waals surface area (Å²) in [6, 6.07) is 1.67. The third kappa shape index (κ3) is 1.64. The van der Waals surface area contributed by atoms with Gasteiger partial charge in [-0.3, -0.25) is 9.89 Å². The van der Waals surface area contributed by atoms with Crippen LogP contribution in [0.25, 0.3) is 0 Å². The molecule has 0 unspecified atom stereocenters. The minimum atomic E-state index is -0.0561. The summed E-state index contributed by atoms with van der Waals surface area (Å²) in [5.41, 5.74) is 0.538. The second-order valence-electron chi connectivity index (χ2n) is 3.12. The average Bonchev–Trinajstić information content (AvgIpc) is 2.74. The lowest BCUT2D eigenvalue weighted by molar-refractivity contribution is 0.0947. The smallest absolute Gasteiger partial charge is 0.269 e. The van der Waals surface area contributed by atoms with Crippen molar-refractivity contribution in [3.05, 3.63) is 18.0 Å². The molecule has 1 aliphatic rings. The Hall–Kier alpha value is -1.32. The van der Waals surface area contributed by atoms with Crippen molar-refractivity contribution < 1.29 is 4.79 Å². The molecule has 12 heavy (non-hydrogen) atoms. The molecule has 1 aromatic heterocycles. The molecule has 0 radical (unpaired) electrons. The van der Waals surface area contributed by atoms with E-state index in [0.717, 1.165) is 12.5 Å². The van der Waals surface area contributed by atoms with Gasteiger partial charge in [-0.2, -0.15) is 5.10 Å². The second kappa shape index (κ2) is 2.97. The highest BCUT2D eigenvalue weighted by Crippen LogP contribution is 2.27. The molecule has 0 atom stereocenters. The summed E-state index contributed by atoms with van der Waals surface area (Å²) >= 11 is 0. The van der Waals surface area contributed by atoms with Gasteiger partial charge in [0.1, 0.15) is 5.69 Å². The lowest BCUT2D eigenvalue weighted by Gasteiger charge is -1.99. The largest absolute Gasteiger partial charge is 0.350 e. The Balaban J connectivity index is 1.83. The van der Waals surface area contributed by atoms with Gasteiger partial charge in [0.25, 0.3) is 5.91 Å². The van der Waals surface area contributed by atoms with Gasteiger partial charge in [0.2, 0.25) is 0 Å². The van der Waals surface area contributed by atoms with Crippen LogP contribution in [-0.2, 0) is 0 Å². The number of nitrogens with zero attached hydrogens (tertiary/aromatic N) is 1. The number of aromatic amines is 1. The highest BCUT2D eigenvalue weighted by atomic mass is 16.1. The summed E-state index contributed by atoms with van der Waals surface area (Å²) in [5.74, 6) is 0.663. The van der Waals surface area contributed by atoms with Crippen LogP contribution < -0.4 is 5.32 Å². The molecule has 2 rings (SSSR count). The van der Waals surface area contributed by atoms with Crippen molar-refractivity contribution in [1.29, 1.82) is 0 Å². The first-order chi connectivity index (χ1) is 5.86. The summed E-state index contributed by atoms with van der Waals surface area (Å²) in [6.07, 6.45) is 4.08. The Labute approximate surface area is 70.4 Å². The molecule has 4 nitrogen and oxygen atoms in total. The van der Waals surface area contributed by atoms with Crippen molar-refractivity contribution in [2.45, 2.75) is 12.8 Å². The number of hydrogen-bond donors (Lipinski definition) is 2. The van der Waals surface area contributed by atoms with Gasteiger partial charge < -0.3 is 5.32 Å². The third-order valence-electron chi connectivity index (χ3n) is 1.99. The maximum atomic E-state index is 11.3. The van der Waals surface area contributed by atoms with Crippen molar-refractivity contribution in [2.75, 3.05) is 6.54 Å². The number of carbonyl (C=O) groups excluding carboxylic acids is 1. The van der Waals surface area contributed by atoms with Crippen LogP contribution >= 0.6 is 0 Å². The second-order valence-corrected chi connectivity index (χ2v) is 3.12. The minimum absolute atomic E-state index is 0.0561. The van der Waals surface area contributed by atoms with Crippen LogP contribution in [0.4, 0.5) is 0 Å². The van der Waals surface area contributed by atoms with Gasteiger partial charge >= 0.3 is 0 Å². The normalized spacial score (nSPS) is 16.0. The molecule has 1 heterocycles. The highest BCUT2D eigenvalue weighted by Gasteiger charge is 2.21. The predicted octanol–water partition coefficient (Wildman–Crippen LogP) is 0.549. The van der Waals surface area contributed by atoms with Crippen molar-refractivity contribution in [3.63, 3.8) is 0 Å². The van der Waals surface area contributed by atoms with E-state index in [9.17, 15) is 4.79 Å². The monoisotopic (exact) mass is 165 g/mol. The fourth-order valence-corrected chi connectivity index (χ4v) is 1.04. The standard InChI is InChI=1S/C8H11N3O/c12-8(7-3-4-10-11-7)9-5-6-1-2-6/h3-4,6H,1-2,5H2,(H,9,12)(H,10,11). The number of nitrogens with one attached hydrogen (secondary N) is 2. The van der Waals surface area contributed by atoms with E-state index in [-0.39, 0.29) is 5.91 Å². The number of rotatable bonds is 3. The van der Waals surface area contributed by atoms with Gasteiger partial charge in [0, 0.05) is 12.7 Å². The Morgan fingerprint density at radius 3 is 3.17 bits per heavy atom. The fourth-order valence-electron chi connectivity index (χ4n) is 1.04. The summed E-state index contributed by atoms with van der Waals surface area (Å²) in [4.78, 5) is 11.3. The van der Waals surface area contributed by atoms with E-state index < -0.39 is 0 Å². The summed E-state index contributed by atoms with van der Waals surface area (Å²) in [5, 5.41) is 9.16. The van der Waals surface area contributed by atoms with Crippen molar-refractivity contribution >= 4 is 5.91 Å². The van der Waals surface area contributed by atoms with E-state index >= 15 is 0 Å². The molecule has 1 saturated carbocycles. The van der Waals surface area contributed by atoms with E-state index in [1.807, 2.05) is 0 Å². The number of H-pyrrole nitrogens is 1. The van der Waals surface area contributed by atoms with Gasteiger partial charge in [0.05, 0.1) is 0 Å². The van der Waals surface area contributed by atoms with E-state index in [1.165, 1.54) is 12.8 Å². The molecular weight excluding hydrogens is 154 g/mol. The maximum absolute atomic E-state index is 11.3. The Kier molecular flexibility index (Phi) is 1.81. The summed E-state index contributed by atoms with van der Waals surface area (Å²) in [7, 11) is 0. The summed E-state index contributed by atoms with van der Waals surface area (Å²) in [6.45, 7) is 0.803. The van der Waals surface area contributed by atoms with E-state index in [0.29, 0.717) is 5.69 Å². The van der Waals surface area contributed by atoms with Gasteiger partial charge in [0.15, 0.2) is 0 Å². The zero-order valence-corrected chi connectivity index (χ0v) is 6.71. The van der Waals surface area contributed by atoms with Crippen LogP contribution in [0, 0.1) is 5.92 Å². The SMILES string of the molecule is O=C(NCC1CC1)c1ccn[nH]1. The zero-order valence-electron chi connectivity index (χ0n) is 6.71. The molecule has 0 aliphatic heterocycles. The Morgan fingerprint density at radius 2 is 2.58 bits per heavy atom. The molecule has 1 amide bonds. The lowest BCUT2D eigenvalue weighted by Crippen LogP contribution is -2.25. The molecule has 1 aromatic rings. The number of carbonyl (C=O) groups is 1. The molecule has 1 fully saturated rings. The van der Waals surface area contributed by atoms with Crippen molar-refractivity contribution in [3.8, 4) is 0 Å². The van der Waals surface area contributed by atoms with E-state index in [4.69, 9.17) is 0 Å². The van der Waals surface area contributed by atoms with Gasteiger partial charge in [-0.25, -0.2) is 0 Å². The molecule has 0 bridgehead atoms. The first-order valence-electron chi connectivity index (χ1n) is 4.14. The van der Waals surface area contributed by atoms with E-state index in [2.05, 4.69) is 15.5 Å². The quantitative estimate of drug-likeness (QED) is 0.687. The average molecular weight is 165 g/mol. The summed E-state index contributed by atoms with van der Waals surface area (Å²) < 4.78 is 0. The topological polar surface area (TPSA) is 57.8 Å². The molecule has 64 valence electrons.